The highest BCUT2D eigenvalue weighted by molar-refractivity contribution is 7.92. The molecule has 0 saturated heterocycles. The molecule has 0 aliphatic rings. The highest BCUT2D eigenvalue weighted by Gasteiger charge is 2.39. The number of sulfonamides is 1. The number of benzene rings is 1. The molecule has 0 radical (unpaired) electrons. The maximum Gasteiger partial charge on any atom is 0.266 e. The van der Waals surface area contributed by atoms with Crippen molar-refractivity contribution >= 4 is 64.0 Å². The van der Waals surface area contributed by atoms with E-state index in [2.05, 4.69) is 48.1 Å². The minimum atomic E-state index is -4.22. The van der Waals surface area contributed by atoms with Crippen molar-refractivity contribution in [2.24, 2.45) is 0 Å². The zero-order chi connectivity index (χ0) is 29.6. The van der Waals surface area contributed by atoms with Gasteiger partial charge < -0.3 is 8.97 Å². The van der Waals surface area contributed by atoms with E-state index in [1.54, 1.807) is 25.3 Å². The molecule has 12 heteroatoms. The molecule has 212 valence electrons. The third-order valence-electron chi connectivity index (χ3n) is 7.48. The lowest BCUT2D eigenvalue weighted by Gasteiger charge is -2.38. The van der Waals surface area contributed by atoms with E-state index in [0.29, 0.717) is 22.2 Å². The van der Waals surface area contributed by atoms with Crippen LogP contribution in [0.25, 0.3) is 11.0 Å². The first-order valence-electron chi connectivity index (χ1n) is 12.6. The van der Waals surface area contributed by atoms with Crippen LogP contribution >= 0.6 is 23.2 Å². The van der Waals surface area contributed by atoms with Crippen LogP contribution in [0, 0.1) is 6.92 Å². The Labute approximate surface area is 246 Å². The number of methoxy groups -OCH3 is 1. The van der Waals surface area contributed by atoms with Crippen LogP contribution in [0.4, 0.5) is 5.69 Å². The third kappa shape index (κ3) is 5.31. The minimum absolute atomic E-state index is 0.0288. The first-order valence-corrected chi connectivity index (χ1v) is 17.7. The lowest BCUT2D eigenvalue weighted by atomic mass is 10.0. The van der Waals surface area contributed by atoms with Gasteiger partial charge in [0.2, 0.25) is 5.78 Å². The number of rotatable bonds is 8. The summed E-state index contributed by atoms with van der Waals surface area (Å²) in [6.45, 7) is 12.6. The summed E-state index contributed by atoms with van der Waals surface area (Å²) in [7, 11) is -4.89. The van der Waals surface area contributed by atoms with E-state index in [1.165, 1.54) is 31.5 Å². The summed E-state index contributed by atoms with van der Waals surface area (Å²) < 4.78 is 36.1. The van der Waals surface area contributed by atoms with E-state index in [0.717, 1.165) is 4.31 Å². The number of fused-ring (bicyclic) bond motifs is 1. The summed E-state index contributed by atoms with van der Waals surface area (Å²) in [5.74, 6) is -0.430. The molecule has 0 bridgehead atoms. The fourth-order valence-electron chi connectivity index (χ4n) is 4.25. The lowest BCUT2D eigenvalue weighted by molar-refractivity contribution is 0.103. The van der Waals surface area contributed by atoms with Crippen molar-refractivity contribution in [3.05, 3.63) is 81.9 Å². The van der Waals surface area contributed by atoms with Gasteiger partial charge in [-0.25, -0.2) is 17.7 Å². The third-order valence-corrected chi connectivity index (χ3v) is 15.2. The summed E-state index contributed by atoms with van der Waals surface area (Å²) in [5.41, 5.74) is 1.82. The molecule has 0 fully saturated rings. The van der Waals surface area contributed by atoms with Gasteiger partial charge in [-0.3, -0.25) is 9.78 Å². The van der Waals surface area contributed by atoms with Gasteiger partial charge in [-0.1, -0.05) is 57.1 Å². The standard InChI is InChI=1S/C28H32Cl2N4O4SSi/c1-18-14-24(33(17-38-5)39(36,37)19-8-9-22(29)23(30)15-19)25(32-16-18)26(35)20-10-12-31-27-21(20)11-13-34(27)40(6,7)28(2,3)4/h8-16H,17H2,1-7H3. The van der Waals surface area contributed by atoms with Gasteiger partial charge >= 0.3 is 0 Å². The molecular weight excluding hydrogens is 587 g/mol. The molecule has 4 rings (SSSR count). The number of halogens is 2. The summed E-state index contributed by atoms with van der Waals surface area (Å²) in [5, 5.41) is 1.02. The fraction of sp³-hybridized carbons (Fsp3) is 0.321. The van der Waals surface area contributed by atoms with Gasteiger partial charge in [-0.15, -0.1) is 0 Å². The van der Waals surface area contributed by atoms with Gasteiger partial charge in [0.1, 0.15) is 18.1 Å². The quantitative estimate of drug-likeness (QED) is 0.121. The van der Waals surface area contributed by atoms with Gasteiger partial charge in [0.05, 0.1) is 20.6 Å². The minimum Gasteiger partial charge on any atom is -0.363 e. The van der Waals surface area contributed by atoms with Crippen molar-refractivity contribution in [1.29, 1.82) is 0 Å². The molecule has 1 aromatic carbocycles. The van der Waals surface area contributed by atoms with Crippen molar-refractivity contribution < 1.29 is 17.9 Å². The molecule has 3 aromatic heterocycles. The molecular formula is C28H32Cl2N4O4SSi. The number of aryl methyl sites for hydroxylation is 1. The van der Waals surface area contributed by atoms with Crippen molar-refractivity contribution in [3.8, 4) is 0 Å². The lowest BCUT2D eigenvalue weighted by Crippen LogP contribution is -2.45. The van der Waals surface area contributed by atoms with E-state index in [9.17, 15) is 13.2 Å². The van der Waals surface area contributed by atoms with Gasteiger partial charge in [0, 0.05) is 30.5 Å². The van der Waals surface area contributed by atoms with E-state index >= 15 is 0 Å². The van der Waals surface area contributed by atoms with E-state index in [-0.39, 0.29) is 38.1 Å². The molecule has 40 heavy (non-hydrogen) atoms. The van der Waals surface area contributed by atoms with Crippen molar-refractivity contribution in [2.45, 2.75) is 50.7 Å². The number of hydrogen-bond donors (Lipinski definition) is 0. The maximum atomic E-state index is 14.1. The highest BCUT2D eigenvalue weighted by Crippen LogP contribution is 2.39. The smallest absolute Gasteiger partial charge is 0.266 e. The number of ketones is 1. The normalized spacial score (nSPS) is 12.6. The summed E-state index contributed by atoms with van der Waals surface area (Å²) in [6, 6.07) is 9.16. The average Bonchev–Trinajstić information content (AvgIpc) is 3.33. The van der Waals surface area contributed by atoms with Crippen LogP contribution in [0.3, 0.4) is 0 Å². The predicted octanol–water partition coefficient (Wildman–Crippen LogP) is 6.93. The zero-order valence-electron chi connectivity index (χ0n) is 23.5. The van der Waals surface area contributed by atoms with Crippen LogP contribution in [0.2, 0.25) is 28.2 Å². The second kappa shape index (κ2) is 10.9. The average molecular weight is 620 g/mol. The molecule has 0 amide bonds. The molecule has 8 nitrogen and oxygen atoms in total. The van der Waals surface area contributed by atoms with Crippen LogP contribution in [0.1, 0.15) is 42.4 Å². The molecule has 0 aliphatic heterocycles. The van der Waals surface area contributed by atoms with Crippen molar-refractivity contribution in [3.63, 3.8) is 0 Å². The Morgan fingerprint density at radius 2 is 1.77 bits per heavy atom. The molecule has 0 unspecified atom stereocenters. The Morgan fingerprint density at radius 1 is 1.07 bits per heavy atom. The monoisotopic (exact) mass is 618 g/mol. The Morgan fingerprint density at radius 3 is 2.40 bits per heavy atom. The molecule has 0 aliphatic carbocycles. The summed E-state index contributed by atoms with van der Waals surface area (Å²) in [4.78, 5) is 23.1. The van der Waals surface area contributed by atoms with Crippen LogP contribution in [0.5, 0.6) is 0 Å². The number of carbonyl (C=O) groups excluding carboxylic acids is 1. The number of ether oxygens (including phenoxy) is 1. The molecule has 0 N–H and O–H groups in total. The van der Waals surface area contributed by atoms with Crippen LogP contribution in [-0.4, -0.2) is 50.5 Å². The highest BCUT2D eigenvalue weighted by atomic mass is 35.5. The molecule has 0 spiro atoms. The first kappa shape index (κ1) is 30.2. The van der Waals surface area contributed by atoms with Gasteiger partial charge in [0.25, 0.3) is 10.0 Å². The number of pyridine rings is 2. The van der Waals surface area contributed by atoms with Gasteiger partial charge in [-0.05, 0) is 60.1 Å². The number of aromatic nitrogens is 3. The maximum absolute atomic E-state index is 14.1. The fourth-order valence-corrected chi connectivity index (χ4v) is 7.89. The second-order valence-corrected chi connectivity index (χ2v) is 18.9. The predicted molar refractivity (Wildman–Crippen MR) is 163 cm³/mol. The molecule has 0 saturated carbocycles. The van der Waals surface area contributed by atoms with Crippen molar-refractivity contribution in [2.75, 3.05) is 18.1 Å². The van der Waals surface area contributed by atoms with Crippen LogP contribution in [0.15, 0.2) is 59.9 Å². The Hall–Kier alpha value is -2.76. The zero-order valence-corrected chi connectivity index (χ0v) is 26.8. The van der Waals surface area contributed by atoms with Crippen LogP contribution < -0.4 is 4.31 Å². The van der Waals surface area contributed by atoms with E-state index < -0.39 is 24.0 Å². The Balaban J connectivity index is 1.89. The number of hydrogen-bond acceptors (Lipinski definition) is 6. The Kier molecular flexibility index (Phi) is 8.23. The van der Waals surface area contributed by atoms with Crippen molar-refractivity contribution in [1.82, 2.24) is 14.2 Å². The molecule has 0 atom stereocenters. The van der Waals surface area contributed by atoms with Crippen LogP contribution in [-0.2, 0) is 14.8 Å². The molecule has 4 aromatic rings. The largest absolute Gasteiger partial charge is 0.363 e. The second-order valence-electron chi connectivity index (χ2n) is 11.1. The summed E-state index contributed by atoms with van der Waals surface area (Å²) >= 11 is 12.2. The topological polar surface area (TPSA) is 94.4 Å². The SMILES string of the molecule is COCN(c1cc(C)cnc1C(=O)c1ccnc2c1ccn2[Si](C)(C)C(C)(C)C)S(=O)(=O)c1ccc(Cl)c(Cl)c1. The van der Waals surface area contributed by atoms with E-state index in [4.69, 9.17) is 27.9 Å². The Bertz CT molecular complexity index is 1720. The molecule has 3 heterocycles. The van der Waals surface area contributed by atoms with Gasteiger partial charge in [-0.2, -0.15) is 0 Å². The van der Waals surface area contributed by atoms with E-state index in [1.807, 2.05) is 12.3 Å². The number of nitrogens with zero attached hydrogens (tertiary/aromatic N) is 4. The summed E-state index contributed by atoms with van der Waals surface area (Å²) in [6.07, 6.45) is 5.13. The van der Waals surface area contributed by atoms with Gasteiger partial charge in [0.15, 0.2) is 8.24 Å². The number of carbonyl (C=O) groups is 1. The first-order chi connectivity index (χ1) is 18.6. The number of anilines is 1.